The third-order valence-corrected chi connectivity index (χ3v) is 9.01. The van der Waals surface area contributed by atoms with Crippen LogP contribution >= 0.6 is 11.3 Å². The first-order valence-electron chi connectivity index (χ1n) is 11.9. The SMILES string of the molecule is C=Cc1c(NN)cccc1-c1nc(N2CCOCC2)c2sc(CN3CCN(S(C)(=O)=O)CC3)cc2n1. The molecule has 4 heterocycles. The minimum atomic E-state index is -3.15. The second-order valence-electron chi connectivity index (χ2n) is 8.95. The monoisotopic (exact) mass is 529 g/mol. The van der Waals surface area contributed by atoms with Gasteiger partial charge in [0.15, 0.2) is 11.6 Å². The zero-order valence-corrected chi connectivity index (χ0v) is 21.9. The van der Waals surface area contributed by atoms with Gasteiger partial charge in [0.2, 0.25) is 10.0 Å². The number of hydrazine groups is 1. The molecule has 3 aromatic rings. The van der Waals surface area contributed by atoms with Crippen molar-refractivity contribution in [1.82, 2.24) is 19.2 Å². The smallest absolute Gasteiger partial charge is 0.211 e. The molecule has 2 aliphatic heterocycles. The predicted molar refractivity (Wildman–Crippen MR) is 145 cm³/mol. The third-order valence-electron chi connectivity index (χ3n) is 6.60. The summed E-state index contributed by atoms with van der Waals surface area (Å²) < 4.78 is 31.9. The molecule has 0 aliphatic carbocycles. The second kappa shape index (κ2) is 10.4. The standard InChI is InChI=1S/C24H31N7O3S2/c1-3-18-19(5-4-6-20(18)28-25)23-26-21-15-17(16-29-7-9-31(10-8-29)36(2,32)33)35-22(21)24(27-23)30-11-13-34-14-12-30/h3-6,15,28H,1,7-14,16,25H2,2H3. The Balaban J connectivity index is 1.51. The van der Waals surface area contributed by atoms with E-state index in [1.165, 1.54) is 11.1 Å². The molecule has 0 spiro atoms. The zero-order chi connectivity index (χ0) is 25.3. The molecule has 0 unspecified atom stereocenters. The first-order chi connectivity index (χ1) is 17.4. The van der Waals surface area contributed by atoms with E-state index < -0.39 is 10.0 Å². The number of benzene rings is 1. The van der Waals surface area contributed by atoms with E-state index in [2.05, 4.69) is 27.9 Å². The van der Waals surface area contributed by atoms with Crippen molar-refractivity contribution in [3.05, 3.63) is 41.3 Å². The number of hydrogen-bond acceptors (Lipinski definition) is 10. The Hall–Kier alpha value is -2.61. The molecule has 2 aromatic heterocycles. The lowest BCUT2D eigenvalue weighted by Crippen LogP contribution is -2.47. The Labute approximate surface area is 215 Å². The number of anilines is 2. The van der Waals surface area contributed by atoms with Crippen LogP contribution in [0.5, 0.6) is 0 Å². The van der Waals surface area contributed by atoms with Crippen LogP contribution in [0.2, 0.25) is 0 Å². The molecule has 0 bridgehead atoms. The van der Waals surface area contributed by atoms with Gasteiger partial charge in [0.1, 0.15) is 0 Å². The van der Waals surface area contributed by atoms with Gasteiger partial charge in [-0.3, -0.25) is 10.7 Å². The molecule has 10 nitrogen and oxygen atoms in total. The van der Waals surface area contributed by atoms with Gasteiger partial charge < -0.3 is 15.1 Å². The zero-order valence-electron chi connectivity index (χ0n) is 20.3. The highest BCUT2D eigenvalue weighted by molar-refractivity contribution is 7.88. The number of rotatable bonds is 7. The minimum absolute atomic E-state index is 0.516. The van der Waals surface area contributed by atoms with Gasteiger partial charge in [-0.05, 0) is 12.1 Å². The summed E-state index contributed by atoms with van der Waals surface area (Å²) in [6, 6.07) is 7.94. The van der Waals surface area contributed by atoms with Gasteiger partial charge >= 0.3 is 0 Å². The number of ether oxygens (including phenoxy) is 1. The fourth-order valence-electron chi connectivity index (χ4n) is 4.70. The van der Waals surface area contributed by atoms with Gasteiger partial charge in [-0.25, -0.2) is 18.4 Å². The van der Waals surface area contributed by atoms with Crippen LogP contribution in [0.4, 0.5) is 11.5 Å². The maximum absolute atomic E-state index is 11.9. The first-order valence-corrected chi connectivity index (χ1v) is 14.6. The Morgan fingerprint density at radius 3 is 2.58 bits per heavy atom. The number of nitrogens with one attached hydrogen (secondary N) is 1. The summed E-state index contributed by atoms with van der Waals surface area (Å²) in [6.45, 7) is 10.0. The van der Waals surface area contributed by atoms with E-state index >= 15 is 0 Å². The van der Waals surface area contributed by atoms with Crippen LogP contribution in [-0.4, -0.2) is 86.3 Å². The van der Waals surface area contributed by atoms with Gasteiger partial charge in [0.25, 0.3) is 0 Å². The number of nitrogens with two attached hydrogens (primary N) is 1. The molecule has 2 aliphatic rings. The average molecular weight is 530 g/mol. The molecular formula is C24H31N7O3S2. The average Bonchev–Trinajstić information content (AvgIpc) is 3.30. The lowest BCUT2D eigenvalue weighted by molar-refractivity contribution is 0.122. The predicted octanol–water partition coefficient (Wildman–Crippen LogP) is 2.20. The quantitative estimate of drug-likeness (QED) is 0.351. The number of aromatic nitrogens is 2. The second-order valence-corrected chi connectivity index (χ2v) is 12.1. The van der Waals surface area contributed by atoms with Crippen LogP contribution in [0.3, 0.4) is 0 Å². The van der Waals surface area contributed by atoms with Crippen molar-refractivity contribution in [3.63, 3.8) is 0 Å². The van der Waals surface area contributed by atoms with Gasteiger partial charge in [-0.2, -0.15) is 4.31 Å². The minimum Gasteiger partial charge on any atom is -0.378 e. The fraction of sp³-hybridized carbons (Fsp3) is 0.417. The van der Waals surface area contributed by atoms with Crippen LogP contribution < -0.4 is 16.2 Å². The summed E-state index contributed by atoms with van der Waals surface area (Å²) in [6.07, 6.45) is 3.04. The maximum atomic E-state index is 11.9. The largest absolute Gasteiger partial charge is 0.378 e. The number of sulfonamides is 1. The normalized spacial score (nSPS) is 18.0. The Bertz CT molecular complexity index is 1360. The van der Waals surface area contributed by atoms with Crippen molar-refractivity contribution in [3.8, 4) is 11.4 Å². The number of morpholine rings is 1. The summed E-state index contributed by atoms with van der Waals surface area (Å²) in [4.78, 5) is 15.7. The topological polar surface area (TPSA) is 117 Å². The van der Waals surface area contributed by atoms with E-state index in [1.807, 2.05) is 18.2 Å². The van der Waals surface area contributed by atoms with Crippen LogP contribution in [0.15, 0.2) is 30.8 Å². The highest BCUT2D eigenvalue weighted by Crippen LogP contribution is 2.37. The molecule has 0 amide bonds. The van der Waals surface area contributed by atoms with Crippen molar-refractivity contribution >= 4 is 49.2 Å². The van der Waals surface area contributed by atoms with Crippen LogP contribution in [-0.2, 0) is 21.3 Å². The van der Waals surface area contributed by atoms with E-state index in [1.54, 1.807) is 21.7 Å². The van der Waals surface area contributed by atoms with Crippen LogP contribution in [0.25, 0.3) is 27.7 Å². The number of nitrogens with zero attached hydrogens (tertiary/aromatic N) is 5. The summed E-state index contributed by atoms with van der Waals surface area (Å²) in [5, 5.41) is 0. The molecule has 3 N–H and O–H groups in total. The lowest BCUT2D eigenvalue weighted by Gasteiger charge is -2.32. The number of nitrogen functional groups attached to an aromatic ring is 1. The Kier molecular flexibility index (Phi) is 7.24. The molecule has 0 atom stereocenters. The highest BCUT2D eigenvalue weighted by Gasteiger charge is 2.25. The first kappa shape index (κ1) is 25.1. The third kappa shape index (κ3) is 5.10. The Morgan fingerprint density at radius 2 is 1.92 bits per heavy atom. The molecule has 1 aromatic carbocycles. The highest BCUT2D eigenvalue weighted by atomic mass is 32.2. The summed E-state index contributed by atoms with van der Waals surface area (Å²) in [5.41, 5.74) is 6.11. The van der Waals surface area contributed by atoms with E-state index in [4.69, 9.17) is 20.5 Å². The molecule has 5 rings (SSSR count). The molecule has 2 saturated heterocycles. The summed E-state index contributed by atoms with van der Waals surface area (Å²) >= 11 is 1.71. The van der Waals surface area contributed by atoms with Gasteiger partial charge in [-0.15, -0.1) is 11.3 Å². The number of hydrogen-bond donors (Lipinski definition) is 2. The number of fused-ring (bicyclic) bond motifs is 1. The molecule has 36 heavy (non-hydrogen) atoms. The van der Waals surface area contributed by atoms with Crippen LogP contribution in [0, 0.1) is 0 Å². The molecular weight excluding hydrogens is 498 g/mol. The van der Waals surface area contributed by atoms with Crippen molar-refractivity contribution in [1.29, 1.82) is 0 Å². The number of thiophene rings is 1. The fourth-order valence-corrected chi connectivity index (χ4v) is 6.68. The maximum Gasteiger partial charge on any atom is 0.211 e. The van der Waals surface area contributed by atoms with E-state index in [-0.39, 0.29) is 0 Å². The van der Waals surface area contributed by atoms with Gasteiger partial charge in [-0.1, -0.05) is 24.8 Å². The van der Waals surface area contributed by atoms with E-state index in [0.29, 0.717) is 45.2 Å². The van der Waals surface area contributed by atoms with Crippen molar-refractivity contribution in [2.75, 3.05) is 69.1 Å². The summed E-state index contributed by atoms with van der Waals surface area (Å²) in [7, 11) is -3.15. The molecule has 192 valence electrons. The van der Waals surface area contributed by atoms with Gasteiger partial charge in [0.05, 0.1) is 35.4 Å². The lowest BCUT2D eigenvalue weighted by atomic mass is 10.0. The molecule has 0 saturated carbocycles. The molecule has 12 heteroatoms. The van der Waals surface area contributed by atoms with Crippen LogP contribution in [0.1, 0.15) is 10.4 Å². The Morgan fingerprint density at radius 1 is 1.17 bits per heavy atom. The van der Waals surface area contributed by atoms with E-state index in [0.717, 1.165) is 52.5 Å². The van der Waals surface area contributed by atoms with Gasteiger partial charge in [0, 0.05) is 61.8 Å². The molecule has 0 radical (unpaired) electrons. The summed E-state index contributed by atoms with van der Waals surface area (Å²) in [5.74, 6) is 7.28. The number of piperazine rings is 1. The van der Waals surface area contributed by atoms with Crippen molar-refractivity contribution < 1.29 is 13.2 Å². The van der Waals surface area contributed by atoms with Crippen molar-refractivity contribution in [2.24, 2.45) is 5.84 Å². The molecule has 2 fully saturated rings. The van der Waals surface area contributed by atoms with E-state index in [9.17, 15) is 8.42 Å². The van der Waals surface area contributed by atoms with Crippen molar-refractivity contribution in [2.45, 2.75) is 6.54 Å².